The van der Waals surface area contributed by atoms with Gasteiger partial charge in [-0.25, -0.2) is 4.39 Å². The summed E-state index contributed by atoms with van der Waals surface area (Å²) >= 11 is 0. The van der Waals surface area contributed by atoms with E-state index in [0.29, 0.717) is 18.5 Å². The van der Waals surface area contributed by atoms with E-state index >= 15 is 0 Å². The van der Waals surface area contributed by atoms with E-state index in [2.05, 4.69) is 21.3 Å². The Morgan fingerprint density at radius 2 is 1.36 bits per heavy atom. The van der Waals surface area contributed by atoms with Crippen LogP contribution in [-0.4, -0.2) is 42.3 Å². The largest absolute Gasteiger partial charge is 0.355 e. The van der Waals surface area contributed by atoms with Gasteiger partial charge in [-0.3, -0.25) is 19.2 Å². The molecule has 4 aromatic carbocycles. The van der Waals surface area contributed by atoms with Crippen LogP contribution in [-0.2, 0) is 38.6 Å². The van der Waals surface area contributed by atoms with Crippen LogP contribution in [0.2, 0.25) is 0 Å². The Morgan fingerprint density at radius 3 is 2.09 bits per heavy atom. The van der Waals surface area contributed by atoms with Gasteiger partial charge in [0.25, 0.3) is 0 Å². The van der Waals surface area contributed by atoms with Gasteiger partial charge in [-0.2, -0.15) is 0 Å². The van der Waals surface area contributed by atoms with Gasteiger partial charge in [-0.15, -0.1) is 0 Å². The van der Waals surface area contributed by atoms with E-state index in [9.17, 15) is 23.6 Å². The average molecular weight is 639 g/mol. The van der Waals surface area contributed by atoms with Crippen LogP contribution in [0.3, 0.4) is 0 Å². The number of hydrogen-bond donors (Lipinski definition) is 4. The third-order valence-electron chi connectivity index (χ3n) is 7.66. The first-order chi connectivity index (χ1) is 22.5. The normalized spacial score (nSPS) is 12.5. The van der Waals surface area contributed by atoms with Crippen molar-refractivity contribution in [1.29, 1.82) is 0 Å². The number of carbonyl (C=O) groups is 4. The lowest BCUT2D eigenvalue weighted by Crippen LogP contribution is -2.55. The molecule has 4 aromatic rings. The van der Waals surface area contributed by atoms with Crippen molar-refractivity contribution >= 4 is 34.4 Å². The third-order valence-corrected chi connectivity index (χ3v) is 7.66. The Hall–Kier alpha value is -5.05. The molecule has 0 heterocycles. The highest BCUT2D eigenvalue weighted by Crippen LogP contribution is 2.18. The van der Waals surface area contributed by atoms with Crippen molar-refractivity contribution < 1.29 is 23.6 Å². The minimum atomic E-state index is -1.22. The van der Waals surface area contributed by atoms with E-state index in [1.165, 1.54) is 12.1 Å². The zero-order chi connectivity index (χ0) is 33.8. The minimum Gasteiger partial charge on any atom is -0.355 e. The van der Waals surface area contributed by atoms with Crippen LogP contribution < -0.4 is 21.3 Å². The molecule has 246 valence electrons. The molecule has 47 heavy (non-hydrogen) atoms. The number of aryl methyl sites for hydroxylation is 1. The highest BCUT2D eigenvalue weighted by atomic mass is 19.1. The molecular formula is C38H43FN4O4. The molecule has 0 aliphatic rings. The van der Waals surface area contributed by atoms with Crippen molar-refractivity contribution in [3.8, 4) is 0 Å². The Labute approximate surface area is 275 Å². The van der Waals surface area contributed by atoms with E-state index in [-0.39, 0.29) is 31.2 Å². The molecule has 8 nitrogen and oxygen atoms in total. The van der Waals surface area contributed by atoms with Crippen molar-refractivity contribution in [3.05, 3.63) is 120 Å². The average Bonchev–Trinajstić information content (AvgIpc) is 3.05. The SMILES string of the molecule is CC(C)(C)CNC(=O)C[C@H](NC(=O)CCc1ccccc1)C(=O)N[C@@H](Cc1ccc(F)cc1)C(=O)NCc1cccc2ccccc12. The van der Waals surface area contributed by atoms with Crippen molar-refractivity contribution in [2.75, 3.05) is 6.54 Å². The van der Waals surface area contributed by atoms with Gasteiger partial charge in [0.1, 0.15) is 17.9 Å². The molecule has 0 aliphatic heterocycles. The first-order valence-corrected chi connectivity index (χ1v) is 15.9. The zero-order valence-electron chi connectivity index (χ0n) is 27.1. The van der Waals surface area contributed by atoms with Crippen molar-refractivity contribution in [1.82, 2.24) is 21.3 Å². The maximum Gasteiger partial charge on any atom is 0.243 e. The second-order valence-electron chi connectivity index (χ2n) is 12.9. The number of benzene rings is 4. The van der Waals surface area contributed by atoms with Crippen LogP contribution in [0.1, 0.15) is 50.3 Å². The Balaban J connectivity index is 1.50. The highest BCUT2D eigenvalue weighted by molar-refractivity contribution is 5.95. The lowest BCUT2D eigenvalue weighted by atomic mass is 9.97. The van der Waals surface area contributed by atoms with Crippen LogP contribution in [0.15, 0.2) is 97.1 Å². The summed E-state index contributed by atoms with van der Waals surface area (Å²) in [6, 6.07) is 26.5. The van der Waals surface area contributed by atoms with Crippen LogP contribution in [0.25, 0.3) is 10.8 Å². The second kappa shape index (κ2) is 16.5. The molecule has 0 saturated carbocycles. The number of hydrogen-bond acceptors (Lipinski definition) is 4. The summed E-state index contributed by atoms with van der Waals surface area (Å²) in [5, 5.41) is 13.3. The fourth-order valence-corrected chi connectivity index (χ4v) is 5.09. The molecular weight excluding hydrogens is 595 g/mol. The lowest BCUT2D eigenvalue weighted by molar-refractivity contribution is -0.134. The summed E-state index contributed by atoms with van der Waals surface area (Å²) in [6.45, 7) is 6.51. The molecule has 0 fully saturated rings. The summed E-state index contributed by atoms with van der Waals surface area (Å²) in [5.74, 6) is -2.35. The number of fused-ring (bicyclic) bond motifs is 1. The van der Waals surface area contributed by atoms with Gasteiger partial charge >= 0.3 is 0 Å². The molecule has 0 radical (unpaired) electrons. The van der Waals surface area contributed by atoms with Gasteiger partial charge in [0.2, 0.25) is 23.6 Å². The van der Waals surface area contributed by atoms with Crippen LogP contribution in [0.5, 0.6) is 0 Å². The maximum absolute atomic E-state index is 13.8. The molecule has 9 heteroatoms. The quantitative estimate of drug-likeness (QED) is 0.156. The molecule has 2 atom stereocenters. The fourth-order valence-electron chi connectivity index (χ4n) is 5.09. The highest BCUT2D eigenvalue weighted by Gasteiger charge is 2.29. The van der Waals surface area contributed by atoms with Gasteiger partial charge in [0.05, 0.1) is 6.42 Å². The van der Waals surface area contributed by atoms with Crippen molar-refractivity contribution in [2.24, 2.45) is 5.41 Å². The van der Waals surface area contributed by atoms with Gasteiger partial charge < -0.3 is 21.3 Å². The van der Waals surface area contributed by atoms with E-state index < -0.39 is 41.5 Å². The van der Waals surface area contributed by atoms with Crippen LogP contribution >= 0.6 is 0 Å². The molecule has 0 saturated heterocycles. The van der Waals surface area contributed by atoms with Gasteiger partial charge in [-0.05, 0) is 51.4 Å². The van der Waals surface area contributed by atoms with Crippen molar-refractivity contribution in [3.63, 3.8) is 0 Å². The monoisotopic (exact) mass is 638 g/mol. The molecule has 0 spiro atoms. The number of amides is 4. The zero-order valence-corrected chi connectivity index (χ0v) is 27.1. The number of nitrogens with one attached hydrogen (secondary N) is 4. The lowest BCUT2D eigenvalue weighted by Gasteiger charge is -2.24. The predicted octanol–water partition coefficient (Wildman–Crippen LogP) is 4.99. The Morgan fingerprint density at radius 1 is 0.681 bits per heavy atom. The van der Waals surface area contributed by atoms with E-state index in [4.69, 9.17) is 0 Å². The number of rotatable bonds is 14. The summed E-state index contributed by atoms with van der Waals surface area (Å²) in [6.07, 6.45) is 0.334. The second-order valence-corrected chi connectivity index (χ2v) is 12.9. The summed E-state index contributed by atoms with van der Waals surface area (Å²) in [7, 11) is 0. The summed E-state index contributed by atoms with van der Waals surface area (Å²) in [5.41, 5.74) is 2.31. The molecule has 4 N–H and O–H groups in total. The number of carbonyl (C=O) groups excluding carboxylic acids is 4. The first-order valence-electron chi connectivity index (χ1n) is 15.9. The molecule has 0 aliphatic carbocycles. The molecule has 0 aromatic heterocycles. The predicted molar refractivity (Wildman–Crippen MR) is 182 cm³/mol. The smallest absolute Gasteiger partial charge is 0.243 e. The molecule has 4 rings (SSSR count). The molecule has 0 bridgehead atoms. The first kappa shape index (κ1) is 34.8. The fraction of sp³-hybridized carbons (Fsp3) is 0.316. The summed E-state index contributed by atoms with van der Waals surface area (Å²) in [4.78, 5) is 53.3. The summed E-state index contributed by atoms with van der Waals surface area (Å²) < 4.78 is 13.7. The number of halogens is 1. The Kier molecular flexibility index (Phi) is 12.2. The standard InChI is InChI=1S/C38H43FN4O4/c1-38(2,3)25-41-35(45)23-33(42-34(44)21-18-26-10-5-4-6-11-26)37(47)43-32(22-27-16-19-30(39)20-17-27)36(46)40-24-29-14-9-13-28-12-7-8-15-31(28)29/h4-17,19-20,32-33H,18,21-25H2,1-3H3,(H,40,46)(H,41,45)(H,42,44)(H,43,47)/t32-,33-/m0/s1. The van der Waals surface area contributed by atoms with Crippen molar-refractivity contribution in [2.45, 2.75) is 65.1 Å². The third kappa shape index (κ3) is 11.4. The van der Waals surface area contributed by atoms with E-state index in [0.717, 1.165) is 21.9 Å². The minimum absolute atomic E-state index is 0.0677. The molecule has 4 amide bonds. The van der Waals surface area contributed by atoms with E-state index in [1.807, 2.05) is 93.6 Å². The Bertz CT molecular complexity index is 1660. The maximum atomic E-state index is 13.8. The van der Waals surface area contributed by atoms with Gasteiger partial charge in [-0.1, -0.05) is 106 Å². The van der Waals surface area contributed by atoms with Crippen LogP contribution in [0, 0.1) is 11.2 Å². The molecule has 0 unspecified atom stereocenters. The van der Waals surface area contributed by atoms with Gasteiger partial charge in [0.15, 0.2) is 0 Å². The topological polar surface area (TPSA) is 116 Å². The van der Waals surface area contributed by atoms with Gasteiger partial charge in [0, 0.05) is 25.9 Å². The van der Waals surface area contributed by atoms with Crippen LogP contribution in [0.4, 0.5) is 4.39 Å². The van der Waals surface area contributed by atoms with E-state index in [1.54, 1.807) is 12.1 Å².